The summed E-state index contributed by atoms with van der Waals surface area (Å²) in [5, 5.41) is 15.8. The summed E-state index contributed by atoms with van der Waals surface area (Å²) < 4.78 is 13.4. The van der Waals surface area contributed by atoms with Crippen molar-refractivity contribution in [3.05, 3.63) is 35.1 Å². The molecule has 6 heteroatoms. The summed E-state index contributed by atoms with van der Waals surface area (Å²) in [7, 11) is 1.74. The molecule has 0 aliphatic carbocycles. The topological polar surface area (TPSA) is 59.9 Å². The highest BCUT2D eigenvalue weighted by Gasteiger charge is 2.07. The normalized spacial score (nSPS) is 13.2. The third-order valence-electron chi connectivity index (χ3n) is 4.35. The number of halogens is 1. The van der Waals surface area contributed by atoms with E-state index in [1.54, 1.807) is 19.2 Å². The standard InChI is InChI=1S/C19H33FN4O/c1-5-24(6-2)11-7-8-15(3)23-19(21-4)22-13-16-9-10-18(20)17(12-16)14-25/h9-10,12,15,25H,5-8,11,13-14H2,1-4H3,(H2,21,22,23). The lowest BCUT2D eigenvalue weighted by Crippen LogP contribution is -2.42. The molecule has 0 aliphatic heterocycles. The average molecular weight is 352 g/mol. The van der Waals surface area contributed by atoms with Crippen LogP contribution in [0.5, 0.6) is 0 Å². The van der Waals surface area contributed by atoms with Crippen molar-refractivity contribution in [3.63, 3.8) is 0 Å². The van der Waals surface area contributed by atoms with Crippen LogP contribution < -0.4 is 10.6 Å². The molecule has 0 spiro atoms. The SMILES string of the molecule is CCN(CC)CCCC(C)NC(=NC)NCc1ccc(F)c(CO)c1. The van der Waals surface area contributed by atoms with Gasteiger partial charge in [0, 0.05) is 25.2 Å². The van der Waals surface area contributed by atoms with Crippen LogP contribution in [0.2, 0.25) is 0 Å². The molecule has 1 aromatic rings. The number of rotatable bonds is 10. The molecule has 1 aromatic carbocycles. The Hall–Kier alpha value is -1.66. The summed E-state index contributed by atoms with van der Waals surface area (Å²) in [5.41, 5.74) is 1.22. The quantitative estimate of drug-likeness (QED) is 0.447. The molecule has 0 aliphatic rings. The zero-order valence-electron chi connectivity index (χ0n) is 16.0. The zero-order valence-corrected chi connectivity index (χ0v) is 16.0. The second kappa shape index (κ2) is 11.8. The maximum Gasteiger partial charge on any atom is 0.191 e. The van der Waals surface area contributed by atoms with Crippen molar-refractivity contribution < 1.29 is 9.50 Å². The van der Waals surface area contributed by atoms with Crippen molar-refractivity contribution >= 4 is 5.96 Å². The van der Waals surface area contributed by atoms with Gasteiger partial charge in [0.2, 0.25) is 0 Å². The number of nitrogens with zero attached hydrogens (tertiary/aromatic N) is 2. The molecule has 1 unspecified atom stereocenters. The molecule has 5 nitrogen and oxygen atoms in total. The van der Waals surface area contributed by atoms with Gasteiger partial charge >= 0.3 is 0 Å². The van der Waals surface area contributed by atoms with E-state index in [1.807, 2.05) is 0 Å². The fourth-order valence-corrected chi connectivity index (χ4v) is 2.71. The van der Waals surface area contributed by atoms with Gasteiger partial charge in [-0.2, -0.15) is 0 Å². The maximum absolute atomic E-state index is 13.4. The molecule has 1 atom stereocenters. The molecule has 0 heterocycles. The van der Waals surface area contributed by atoms with Crippen LogP contribution >= 0.6 is 0 Å². The molecule has 25 heavy (non-hydrogen) atoms. The van der Waals surface area contributed by atoms with E-state index < -0.39 is 0 Å². The van der Waals surface area contributed by atoms with Gasteiger partial charge in [-0.1, -0.05) is 19.9 Å². The monoisotopic (exact) mass is 352 g/mol. The van der Waals surface area contributed by atoms with Crippen LogP contribution in [0.4, 0.5) is 4.39 Å². The Bertz CT molecular complexity index is 532. The summed E-state index contributed by atoms with van der Waals surface area (Å²) in [6, 6.07) is 5.09. The number of hydrogen-bond acceptors (Lipinski definition) is 3. The number of benzene rings is 1. The van der Waals surface area contributed by atoms with Crippen LogP contribution in [-0.4, -0.2) is 48.7 Å². The summed E-state index contributed by atoms with van der Waals surface area (Å²) in [6.07, 6.45) is 2.22. The van der Waals surface area contributed by atoms with Crippen molar-refractivity contribution in [3.8, 4) is 0 Å². The highest BCUT2D eigenvalue weighted by atomic mass is 19.1. The van der Waals surface area contributed by atoms with Gasteiger partial charge in [0.05, 0.1) is 6.61 Å². The Kier molecular flexibility index (Phi) is 10.1. The third-order valence-corrected chi connectivity index (χ3v) is 4.35. The number of guanidine groups is 1. The molecule has 0 aromatic heterocycles. The van der Waals surface area contributed by atoms with Gasteiger partial charge in [-0.05, 0) is 57.1 Å². The molecule has 0 radical (unpaired) electrons. The van der Waals surface area contributed by atoms with Crippen molar-refractivity contribution in [2.75, 3.05) is 26.7 Å². The van der Waals surface area contributed by atoms with Crippen LogP contribution in [0.1, 0.15) is 44.7 Å². The fourth-order valence-electron chi connectivity index (χ4n) is 2.71. The molecule has 3 N–H and O–H groups in total. The number of aliphatic hydroxyl groups excluding tert-OH is 1. The van der Waals surface area contributed by atoms with E-state index in [-0.39, 0.29) is 12.4 Å². The average Bonchev–Trinajstić information content (AvgIpc) is 2.63. The lowest BCUT2D eigenvalue weighted by Gasteiger charge is -2.21. The second-order valence-corrected chi connectivity index (χ2v) is 6.22. The van der Waals surface area contributed by atoms with Gasteiger partial charge in [0.1, 0.15) is 5.82 Å². The Balaban J connectivity index is 2.41. The maximum atomic E-state index is 13.4. The highest BCUT2D eigenvalue weighted by Crippen LogP contribution is 2.10. The zero-order chi connectivity index (χ0) is 18.7. The minimum Gasteiger partial charge on any atom is -0.392 e. The second-order valence-electron chi connectivity index (χ2n) is 6.22. The van der Waals surface area contributed by atoms with E-state index in [1.165, 1.54) is 6.07 Å². The van der Waals surface area contributed by atoms with Crippen LogP contribution in [-0.2, 0) is 13.2 Å². The lowest BCUT2D eigenvalue weighted by atomic mass is 10.1. The van der Waals surface area contributed by atoms with E-state index in [0.29, 0.717) is 18.2 Å². The molecule has 0 fully saturated rings. The van der Waals surface area contributed by atoms with Gasteiger partial charge < -0.3 is 20.6 Å². The molecule has 0 bridgehead atoms. The summed E-state index contributed by atoms with van der Waals surface area (Å²) in [6.45, 7) is 10.1. The van der Waals surface area contributed by atoms with E-state index >= 15 is 0 Å². The fraction of sp³-hybridized carbons (Fsp3) is 0.632. The number of hydrogen-bond donors (Lipinski definition) is 3. The van der Waals surface area contributed by atoms with Gasteiger partial charge in [-0.15, -0.1) is 0 Å². The first-order valence-electron chi connectivity index (χ1n) is 9.11. The first kappa shape index (κ1) is 21.4. The van der Waals surface area contributed by atoms with Gasteiger partial charge in [0.25, 0.3) is 0 Å². The van der Waals surface area contributed by atoms with Crippen molar-refractivity contribution in [1.29, 1.82) is 0 Å². The van der Waals surface area contributed by atoms with Crippen LogP contribution in [0, 0.1) is 5.82 Å². The molecule has 0 amide bonds. The lowest BCUT2D eigenvalue weighted by molar-refractivity contribution is 0.275. The molecule has 0 saturated carbocycles. The third kappa shape index (κ3) is 7.84. The predicted octanol–water partition coefficient (Wildman–Crippen LogP) is 2.49. The predicted molar refractivity (Wildman–Crippen MR) is 102 cm³/mol. The number of aliphatic hydroxyl groups is 1. The van der Waals surface area contributed by atoms with Gasteiger partial charge in [-0.25, -0.2) is 4.39 Å². The van der Waals surface area contributed by atoms with Crippen LogP contribution in [0.3, 0.4) is 0 Å². The van der Waals surface area contributed by atoms with E-state index in [9.17, 15) is 4.39 Å². The number of nitrogens with one attached hydrogen (secondary N) is 2. The smallest absolute Gasteiger partial charge is 0.191 e. The van der Waals surface area contributed by atoms with E-state index in [0.717, 1.165) is 44.0 Å². The first-order chi connectivity index (χ1) is 12.0. The molecule has 1 rings (SSSR count). The van der Waals surface area contributed by atoms with Crippen molar-refractivity contribution in [2.45, 2.75) is 52.8 Å². The van der Waals surface area contributed by atoms with Crippen molar-refractivity contribution in [1.82, 2.24) is 15.5 Å². The molecular weight excluding hydrogens is 319 g/mol. The Labute approximate surface area is 151 Å². The van der Waals surface area contributed by atoms with Gasteiger partial charge in [0.15, 0.2) is 5.96 Å². The highest BCUT2D eigenvalue weighted by molar-refractivity contribution is 5.79. The Morgan fingerprint density at radius 1 is 1.32 bits per heavy atom. The largest absolute Gasteiger partial charge is 0.392 e. The molecular formula is C19H33FN4O. The first-order valence-corrected chi connectivity index (χ1v) is 9.11. The number of aliphatic imine (C=N–C) groups is 1. The molecule has 142 valence electrons. The van der Waals surface area contributed by atoms with E-state index in [4.69, 9.17) is 5.11 Å². The van der Waals surface area contributed by atoms with Gasteiger partial charge in [-0.3, -0.25) is 4.99 Å². The Morgan fingerprint density at radius 2 is 2.04 bits per heavy atom. The Morgan fingerprint density at radius 3 is 2.64 bits per heavy atom. The summed E-state index contributed by atoms with van der Waals surface area (Å²) >= 11 is 0. The molecule has 0 saturated heterocycles. The van der Waals surface area contributed by atoms with E-state index in [2.05, 4.69) is 41.3 Å². The van der Waals surface area contributed by atoms with Crippen LogP contribution in [0.25, 0.3) is 0 Å². The minimum atomic E-state index is -0.379. The van der Waals surface area contributed by atoms with Crippen LogP contribution in [0.15, 0.2) is 23.2 Å². The minimum absolute atomic E-state index is 0.295. The van der Waals surface area contributed by atoms with Crippen molar-refractivity contribution in [2.24, 2.45) is 4.99 Å². The summed E-state index contributed by atoms with van der Waals surface area (Å²) in [4.78, 5) is 6.66. The summed E-state index contributed by atoms with van der Waals surface area (Å²) in [5.74, 6) is 0.348.